The molecule has 1 unspecified atom stereocenters. The zero-order valence-electron chi connectivity index (χ0n) is 9.96. The molecule has 1 fully saturated rings. The predicted molar refractivity (Wildman–Crippen MR) is 63.6 cm³/mol. The molecule has 1 atom stereocenters. The summed E-state index contributed by atoms with van der Waals surface area (Å²) in [5, 5.41) is 9.01. The number of nitrogens with zero attached hydrogens (tertiary/aromatic N) is 4. The van der Waals surface area contributed by atoms with Crippen LogP contribution in [0.5, 0.6) is 0 Å². The largest absolute Gasteiger partial charge is 0.376 e. The molecule has 90 valence electrons. The summed E-state index contributed by atoms with van der Waals surface area (Å²) in [5.74, 6) is 0.660. The molecule has 0 spiro atoms. The molecule has 17 heavy (non-hydrogen) atoms. The first-order valence-electron chi connectivity index (χ1n) is 5.92. The van der Waals surface area contributed by atoms with Crippen molar-refractivity contribution >= 4 is 5.82 Å². The first kappa shape index (κ1) is 11.8. The van der Waals surface area contributed by atoms with Crippen LogP contribution >= 0.6 is 0 Å². The molecule has 2 heterocycles. The van der Waals surface area contributed by atoms with Gasteiger partial charge in [-0.15, -0.1) is 0 Å². The Labute approximate surface area is 101 Å². The first-order valence-corrected chi connectivity index (χ1v) is 5.92. The van der Waals surface area contributed by atoms with Crippen molar-refractivity contribution < 1.29 is 4.74 Å². The van der Waals surface area contributed by atoms with E-state index in [4.69, 9.17) is 10.00 Å². The van der Waals surface area contributed by atoms with Gasteiger partial charge >= 0.3 is 0 Å². The fourth-order valence-corrected chi connectivity index (χ4v) is 2.04. The SMILES string of the molecule is CCN(CC1CCCO1)c1nccnc1C#N. The van der Waals surface area contributed by atoms with Crippen molar-refractivity contribution in [2.45, 2.75) is 25.9 Å². The number of hydrogen-bond acceptors (Lipinski definition) is 5. The van der Waals surface area contributed by atoms with E-state index in [-0.39, 0.29) is 6.10 Å². The van der Waals surface area contributed by atoms with E-state index in [1.165, 1.54) is 0 Å². The van der Waals surface area contributed by atoms with E-state index in [0.717, 1.165) is 32.5 Å². The summed E-state index contributed by atoms with van der Waals surface area (Å²) < 4.78 is 5.61. The molecule has 1 aromatic rings. The van der Waals surface area contributed by atoms with Crippen LogP contribution in [-0.4, -0.2) is 35.8 Å². The van der Waals surface area contributed by atoms with Crippen LogP contribution in [0, 0.1) is 11.3 Å². The molecule has 5 heteroatoms. The lowest BCUT2D eigenvalue weighted by atomic mass is 10.2. The maximum Gasteiger partial charge on any atom is 0.183 e. The summed E-state index contributed by atoms with van der Waals surface area (Å²) in [6.45, 7) is 4.47. The van der Waals surface area contributed by atoms with Gasteiger partial charge in [0.25, 0.3) is 0 Å². The highest BCUT2D eigenvalue weighted by molar-refractivity contribution is 5.49. The van der Waals surface area contributed by atoms with Gasteiger partial charge in [0.15, 0.2) is 11.5 Å². The highest BCUT2D eigenvalue weighted by atomic mass is 16.5. The Balaban J connectivity index is 2.14. The fourth-order valence-electron chi connectivity index (χ4n) is 2.04. The van der Waals surface area contributed by atoms with Gasteiger partial charge in [-0.05, 0) is 19.8 Å². The molecule has 5 nitrogen and oxygen atoms in total. The molecule has 0 N–H and O–H groups in total. The molecule has 1 aliphatic heterocycles. The molecule has 1 aromatic heterocycles. The van der Waals surface area contributed by atoms with E-state index in [9.17, 15) is 0 Å². The number of rotatable bonds is 4. The van der Waals surface area contributed by atoms with E-state index in [1.54, 1.807) is 12.4 Å². The second kappa shape index (κ2) is 5.60. The Morgan fingerprint density at radius 3 is 3.00 bits per heavy atom. The third-order valence-electron chi connectivity index (χ3n) is 2.91. The normalized spacial score (nSPS) is 18.9. The lowest BCUT2D eigenvalue weighted by molar-refractivity contribution is 0.115. The van der Waals surface area contributed by atoms with Gasteiger partial charge < -0.3 is 9.64 Å². The van der Waals surface area contributed by atoms with Crippen LogP contribution in [0.3, 0.4) is 0 Å². The Kier molecular flexibility index (Phi) is 3.89. The van der Waals surface area contributed by atoms with Crippen LogP contribution in [0.2, 0.25) is 0 Å². The van der Waals surface area contributed by atoms with Crippen LogP contribution in [-0.2, 0) is 4.74 Å². The standard InChI is InChI=1S/C12H16N4O/c1-2-16(9-10-4-3-7-17-10)12-11(8-13)14-5-6-15-12/h5-6,10H,2-4,7,9H2,1H3. The average molecular weight is 232 g/mol. The zero-order chi connectivity index (χ0) is 12.1. The summed E-state index contributed by atoms with van der Waals surface area (Å²) in [6.07, 6.45) is 5.62. The molecule has 0 aromatic carbocycles. The van der Waals surface area contributed by atoms with Crippen molar-refractivity contribution in [1.29, 1.82) is 5.26 Å². The van der Waals surface area contributed by atoms with Gasteiger partial charge in [-0.1, -0.05) is 0 Å². The third-order valence-corrected chi connectivity index (χ3v) is 2.91. The summed E-state index contributed by atoms with van der Waals surface area (Å²) in [5.41, 5.74) is 0.382. The van der Waals surface area contributed by atoms with Gasteiger partial charge in [-0.3, -0.25) is 0 Å². The highest BCUT2D eigenvalue weighted by Gasteiger charge is 2.21. The molecule has 0 amide bonds. The Hall–Kier alpha value is -1.67. The number of anilines is 1. The van der Waals surface area contributed by atoms with Crippen LogP contribution < -0.4 is 4.90 Å². The van der Waals surface area contributed by atoms with Crippen molar-refractivity contribution in [1.82, 2.24) is 9.97 Å². The van der Waals surface area contributed by atoms with Crippen molar-refractivity contribution in [3.8, 4) is 6.07 Å². The molecular formula is C12H16N4O. The quantitative estimate of drug-likeness (QED) is 0.784. The number of ether oxygens (including phenoxy) is 1. The summed E-state index contributed by atoms with van der Waals surface area (Å²) in [7, 11) is 0. The minimum atomic E-state index is 0.253. The van der Waals surface area contributed by atoms with Crippen molar-refractivity contribution in [3.05, 3.63) is 18.1 Å². The van der Waals surface area contributed by atoms with Crippen molar-refractivity contribution in [3.63, 3.8) is 0 Å². The first-order chi connectivity index (χ1) is 8.35. The van der Waals surface area contributed by atoms with Gasteiger partial charge in [0, 0.05) is 32.1 Å². The molecule has 0 radical (unpaired) electrons. The van der Waals surface area contributed by atoms with Crippen molar-refractivity contribution in [2.75, 3.05) is 24.6 Å². The summed E-state index contributed by atoms with van der Waals surface area (Å²) in [6, 6.07) is 2.08. The fraction of sp³-hybridized carbons (Fsp3) is 0.583. The zero-order valence-corrected chi connectivity index (χ0v) is 9.96. The minimum absolute atomic E-state index is 0.253. The minimum Gasteiger partial charge on any atom is -0.376 e. The lowest BCUT2D eigenvalue weighted by Gasteiger charge is -2.25. The summed E-state index contributed by atoms with van der Waals surface area (Å²) in [4.78, 5) is 10.3. The number of hydrogen-bond donors (Lipinski definition) is 0. The van der Waals surface area contributed by atoms with Gasteiger partial charge in [-0.25, -0.2) is 9.97 Å². The second-order valence-electron chi connectivity index (χ2n) is 4.01. The monoisotopic (exact) mass is 232 g/mol. The second-order valence-corrected chi connectivity index (χ2v) is 4.01. The van der Waals surface area contributed by atoms with Crippen LogP contribution in [0.25, 0.3) is 0 Å². The lowest BCUT2D eigenvalue weighted by Crippen LogP contribution is -2.33. The Morgan fingerprint density at radius 2 is 2.35 bits per heavy atom. The Bertz CT molecular complexity index is 409. The van der Waals surface area contributed by atoms with Gasteiger partial charge in [-0.2, -0.15) is 5.26 Å². The molecule has 0 bridgehead atoms. The van der Waals surface area contributed by atoms with Gasteiger partial charge in [0.05, 0.1) is 6.10 Å². The smallest absolute Gasteiger partial charge is 0.183 e. The van der Waals surface area contributed by atoms with E-state index >= 15 is 0 Å². The average Bonchev–Trinajstić information content (AvgIpc) is 2.89. The van der Waals surface area contributed by atoms with Crippen LogP contribution in [0.15, 0.2) is 12.4 Å². The summed E-state index contributed by atoms with van der Waals surface area (Å²) >= 11 is 0. The predicted octanol–water partition coefficient (Wildman–Crippen LogP) is 1.35. The van der Waals surface area contributed by atoms with E-state index < -0.39 is 0 Å². The Morgan fingerprint density at radius 1 is 1.53 bits per heavy atom. The molecule has 0 aliphatic carbocycles. The maximum absolute atomic E-state index is 9.01. The van der Waals surface area contributed by atoms with Crippen molar-refractivity contribution in [2.24, 2.45) is 0 Å². The highest BCUT2D eigenvalue weighted by Crippen LogP contribution is 2.18. The number of likely N-dealkylation sites (N-methyl/N-ethyl adjacent to an activating group) is 1. The topological polar surface area (TPSA) is 62.0 Å². The molecule has 2 rings (SSSR count). The van der Waals surface area contributed by atoms with Gasteiger partial charge in [0.2, 0.25) is 0 Å². The van der Waals surface area contributed by atoms with Gasteiger partial charge in [0.1, 0.15) is 6.07 Å². The molecular weight excluding hydrogens is 216 g/mol. The third kappa shape index (κ3) is 2.71. The van der Waals surface area contributed by atoms with E-state index in [0.29, 0.717) is 11.5 Å². The number of nitriles is 1. The molecule has 0 saturated carbocycles. The maximum atomic E-state index is 9.01. The molecule has 1 aliphatic rings. The van der Waals surface area contributed by atoms with E-state index in [1.807, 2.05) is 6.92 Å². The van der Waals surface area contributed by atoms with Crippen LogP contribution in [0.1, 0.15) is 25.5 Å². The molecule has 1 saturated heterocycles. The number of aromatic nitrogens is 2. The van der Waals surface area contributed by atoms with Crippen LogP contribution in [0.4, 0.5) is 5.82 Å². The van der Waals surface area contributed by atoms with E-state index in [2.05, 4.69) is 20.9 Å².